The van der Waals surface area contributed by atoms with Crippen molar-refractivity contribution in [3.05, 3.63) is 70.0 Å². The smallest absolute Gasteiger partial charge is 0.253 e. The summed E-state index contributed by atoms with van der Waals surface area (Å²) in [6, 6.07) is 15.8. The lowest BCUT2D eigenvalue weighted by atomic mass is 10.1. The number of rotatable bonds is 9. The number of H-pyrrole nitrogens is 1. The van der Waals surface area contributed by atoms with Crippen molar-refractivity contribution >= 4 is 28.2 Å². The van der Waals surface area contributed by atoms with Gasteiger partial charge in [-0.05, 0) is 49.2 Å². The van der Waals surface area contributed by atoms with Gasteiger partial charge < -0.3 is 29.4 Å². The number of nitrogens with one attached hydrogen (secondary N) is 2. The van der Waals surface area contributed by atoms with Crippen molar-refractivity contribution in [1.29, 1.82) is 0 Å². The van der Waals surface area contributed by atoms with Crippen LogP contribution in [0.3, 0.4) is 0 Å². The fraction of sp³-hybridized carbons (Fsp3) is 0.385. The molecule has 0 radical (unpaired) electrons. The Bertz CT molecular complexity index is 1180. The summed E-state index contributed by atoms with van der Waals surface area (Å²) in [5.41, 5.74) is 2.42. The predicted octanol–water partition coefficient (Wildman–Crippen LogP) is 3.64. The van der Waals surface area contributed by atoms with Gasteiger partial charge in [-0.1, -0.05) is 30.3 Å². The molecule has 4 rings (SSSR count). The van der Waals surface area contributed by atoms with Crippen LogP contribution in [0, 0.1) is 0 Å². The van der Waals surface area contributed by atoms with E-state index in [0.29, 0.717) is 40.8 Å². The van der Waals surface area contributed by atoms with E-state index in [1.807, 2.05) is 35.2 Å². The Kier molecular flexibility index (Phi) is 8.03. The molecule has 1 fully saturated rings. The van der Waals surface area contributed by atoms with Crippen LogP contribution >= 0.6 is 12.2 Å². The summed E-state index contributed by atoms with van der Waals surface area (Å²) >= 11 is 5.75. The van der Waals surface area contributed by atoms with Gasteiger partial charge in [-0.3, -0.25) is 4.79 Å². The van der Waals surface area contributed by atoms with Crippen LogP contribution in [-0.4, -0.2) is 55.0 Å². The van der Waals surface area contributed by atoms with E-state index in [4.69, 9.17) is 26.4 Å². The molecule has 0 aliphatic carbocycles. The SMILES string of the molecule is COc1cc2cc(CN(C[C@@H]3CCCO3)C(=S)NCCc3ccccc3)c(=O)[nH]c2cc1OC. The lowest BCUT2D eigenvalue weighted by molar-refractivity contribution is 0.0897. The zero-order valence-corrected chi connectivity index (χ0v) is 20.5. The minimum Gasteiger partial charge on any atom is -0.493 e. The summed E-state index contributed by atoms with van der Waals surface area (Å²) in [5, 5.41) is 4.86. The Hall–Kier alpha value is -3.10. The molecule has 1 aliphatic rings. The highest BCUT2D eigenvalue weighted by Crippen LogP contribution is 2.31. The van der Waals surface area contributed by atoms with Gasteiger partial charge in [0.25, 0.3) is 5.56 Å². The summed E-state index contributed by atoms with van der Waals surface area (Å²) in [6.45, 7) is 2.51. The van der Waals surface area contributed by atoms with Gasteiger partial charge in [-0.2, -0.15) is 0 Å². The van der Waals surface area contributed by atoms with Crippen LogP contribution < -0.4 is 20.3 Å². The largest absolute Gasteiger partial charge is 0.493 e. The molecule has 0 saturated carbocycles. The maximum atomic E-state index is 12.9. The van der Waals surface area contributed by atoms with E-state index in [1.165, 1.54) is 5.56 Å². The van der Waals surface area contributed by atoms with Gasteiger partial charge in [-0.25, -0.2) is 0 Å². The third-order valence-electron chi connectivity index (χ3n) is 6.05. The molecule has 0 spiro atoms. The molecular weight excluding hydrogens is 450 g/mol. The monoisotopic (exact) mass is 481 g/mol. The lowest BCUT2D eigenvalue weighted by Crippen LogP contribution is -2.44. The number of ether oxygens (including phenoxy) is 3. The minimum absolute atomic E-state index is 0.109. The summed E-state index contributed by atoms with van der Waals surface area (Å²) in [6.07, 6.45) is 3.02. The highest BCUT2D eigenvalue weighted by Gasteiger charge is 2.22. The molecule has 3 aromatic rings. The number of benzene rings is 2. The van der Waals surface area contributed by atoms with Crippen molar-refractivity contribution < 1.29 is 14.2 Å². The van der Waals surface area contributed by atoms with Crippen LogP contribution in [0.4, 0.5) is 0 Å². The van der Waals surface area contributed by atoms with Crippen LogP contribution in [-0.2, 0) is 17.7 Å². The van der Waals surface area contributed by atoms with Crippen LogP contribution in [0.5, 0.6) is 11.5 Å². The van der Waals surface area contributed by atoms with E-state index in [0.717, 1.165) is 37.8 Å². The number of hydrogen-bond donors (Lipinski definition) is 2. The summed E-state index contributed by atoms with van der Waals surface area (Å²) in [5.74, 6) is 1.18. The van der Waals surface area contributed by atoms with Crippen molar-refractivity contribution in [2.45, 2.75) is 31.9 Å². The topological polar surface area (TPSA) is 75.8 Å². The van der Waals surface area contributed by atoms with Gasteiger partial charge in [-0.15, -0.1) is 0 Å². The van der Waals surface area contributed by atoms with E-state index >= 15 is 0 Å². The number of nitrogens with zero attached hydrogens (tertiary/aromatic N) is 1. The Labute approximate surface area is 205 Å². The minimum atomic E-state index is -0.149. The molecule has 2 aromatic carbocycles. The number of aromatic amines is 1. The highest BCUT2D eigenvalue weighted by molar-refractivity contribution is 7.80. The molecule has 2 N–H and O–H groups in total. The molecule has 0 amide bonds. The summed E-state index contributed by atoms with van der Waals surface area (Å²) < 4.78 is 16.6. The first-order valence-electron chi connectivity index (χ1n) is 11.5. The van der Waals surface area contributed by atoms with Gasteiger partial charge in [0.2, 0.25) is 0 Å². The Morgan fingerprint density at radius 2 is 1.94 bits per heavy atom. The fourth-order valence-corrected chi connectivity index (χ4v) is 4.47. The molecule has 1 saturated heterocycles. The molecule has 8 heteroatoms. The normalized spacial score (nSPS) is 15.3. The van der Waals surface area contributed by atoms with Crippen molar-refractivity contribution in [2.24, 2.45) is 0 Å². The van der Waals surface area contributed by atoms with Crippen molar-refractivity contribution in [3.8, 4) is 11.5 Å². The van der Waals surface area contributed by atoms with Gasteiger partial charge in [0.1, 0.15) is 0 Å². The maximum absolute atomic E-state index is 12.9. The molecule has 1 aliphatic heterocycles. The second kappa shape index (κ2) is 11.4. The Balaban J connectivity index is 1.53. The van der Waals surface area contributed by atoms with E-state index in [9.17, 15) is 4.79 Å². The number of methoxy groups -OCH3 is 2. The zero-order chi connectivity index (χ0) is 23.9. The molecule has 2 heterocycles. The van der Waals surface area contributed by atoms with Crippen molar-refractivity contribution in [3.63, 3.8) is 0 Å². The van der Waals surface area contributed by atoms with Gasteiger partial charge >= 0.3 is 0 Å². The van der Waals surface area contributed by atoms with E-state index in [1.54, 1.807) is 20.3 Å². The molecular formula is C26H31N3O4S. The van der Waals surface area contributed by atoms with Crippen molar-refractivity contribution in [2.75, 3.05) is 33.9 Å². The average Bonchev–Trinajstić information content (AvgIpc) is 3.37. The fourth-order valence-electron chi connectivity index (χ4n) is 4.22. The Morgan fingerprint density at radius 1 is 1.18 bits per heavy atom. The average molecular weight is 482 g/mol. The first-order chi connectivity index (χ1) is 16.6. The summed E-state index contributed by atoms with van der Waals surface area (Å²) in [4.78, 5) is 17.9. The molecule has 1 aromatic heterocycles. The second-order valence-corrected chi connectivity index (χ2v) is 8.79. The quantitative estimate of drug-likeness (QED) is 0.452. The van der Waals surface area contributed by atoms with Crippen molar-refractivity contribution in [1.82, 2.24) is 15.2 Å². The maximum Gasteiger partial charge on any atom is 0.253 e. The second-order valence-electron chi connectivity index (χ2n) is 8.40. The van der Waals surface area contributed by atoms with E-state index in [2.05, 4.69) is 22.4 Å². The predicted molar refractivity (Wildman–Crippen MR) is 138 cm³/mol. The van der Waals surface area contributed by atoms with Crippen LogP contribution in [0.1, 0.15) is 24.0 Å². The van der Waals surface area contributed by atoms with Crippen LogP contribution in [0.25, 0.3) is 10.9 Å². The number of hydrogen-bond acceptors (Lipinski definition) is 5. The highest BCUT2D eigenvalue weighted by atomic mass is 32.1. The van der Waals surface area contributed by atoms with Crippen LogP contribution in [0.15, 0.2) is 53.3 Å². The first-order valence-corrected chi connectivity index (χ1v) is 11.9. The van der Waals surface area contributed by atoms with E-state index < -0.39 is 0 Å². The molecule has 34 heavy (non-hydrogen) atoms. The number of fused-ring (bicyclic) bond motifs is 1. The molecule has 0 bridgehead atoms. The molecule has 7 nitrogen and oxygen atoms in total. The molecule has 0 unspecified atom stereocenters. The van der Waals surface area contributed by atoms with Gasteiger partial charge in [0.05, 0.1) is 32.4 Å². The third kappa shape index (κ3) is 5.87. The molecule has 1 atom stereocenters. The number of aromatic nitrogens is 1. The first kappa shape index (κ1) is 24.0. The number of thiocarbonyl (C=S) groups is 1. The summed E-state index contributed by atoms with van der Waals surface area (Å²) in [7, 11) is 3.17. The van der Waals surface area contributed by atoms with E-state index in [-0.39, 0.29) is 11.7 Å². The van der Waals surface area contributed by atoms with Gasteiger partial charge in [0, 0.05) is 36.7 Å². The lowest BCUT2D eigenvalue weighted by Gasteiger charge is -2.28. The third-order valence-corrected chi connectivity index (χ3v) is 6.46. The number of pyridine rings is 1. The Morgan fingerprint density at radius 3 is 2.65 bits per heavy atom. The molecule has 180 valence electrons. The van der Waals surface area contributed by atoms with Crippen LogP contribution in [0.2, 0.25) is 0 Å². The van der Waals surface area contributed by atoms with Gasteiger partial charge in [0.15, 0.2) is 16.6 Å². The zero-order valence-electron chi connectivity index (χ0n) is 19.6. The standard InChI is InChI=1S/C26H31N3O4S/c1-31-23-14-19-13-20(25(30)28-22(19)15-24(23)32-2)16-29(17-21-9-6-12-33-21)26(34)27-11-10-18-7-4-3-5-8-18/h3-5,7-8,13-15,21H,6,9-12,16-17H2,1-2H3,(H,27,34)(H,28,30)/t21-/m0/s1.